The lowest BCUT2D eigenvalue weighted by Gasteiger charge is -2.37. The highest BCUT2D eigenvalue weighted by Gasteiger charge is 2.46. The first-order valence-electron chi connectivity index (χ1n) is 12.9. The van der Waals surface area contributed by atoms with Crippen molar-refractivity contribution in [1.29, 1.82) is 0 Å². The van der Waals surface area contributed by atoms with Gasteiger partial charge in [0, 0.05) is 39.1 Å². The Morgan fingerprint density at radius 2 is 1.70 bits per heavy atom. The molecule has 40 heavy (non-hydrogen) atoms. The largest absolute Gasteiger partial charge is 0.491 e. The molecule has 0 amide bonds. The molecule has 5 aromatic rings. The number of rotatable bonds is 10. The molecule has 0 saturated heterocycles. The minimum atomic E-state index is -1.56. The number of hydrogen-bond donors (Lipinski definition) is 1. The fourth-order valence-electron chi connectivity index (χ4n) is 5.22. The van der Waals surface area contributed by atoms with Crippen molar-refractivity contribution in [3.63, 3.8) is 0 Å². The first kappa shape index (κ1) is 27.9. The minimum Gasteiger partial charge on any atom is -0.491 e. The maximum absolute atomic E-state index is 13.0. The van der Waals surface area contributed by atoms with Gasteiger partial charge in [0.25, 0.3) is 5.88 Å². The normalized spacial score (nSPS) is 13.9. The number of aromatic nitrogens is 2. The van der Waals surface area contributed by atoms with Gasteiger partial charge in [0.2, 0.25) is 5.88 Å². The molecule has 0 radical (unpaired) electrons. The fourth-order valence-corrected chi connectivity index (χ4v) is 5.60. The number of pyridine rings is 2. The lowest BCUT2D eigenvalue weighted by atomic mass is 9.73. The SMILES string of the molecule is COc1nc2ccc(Br)cc2cc1C(c1ccnc(OC)c1OC)C(O)(CCN(C)C)c1cc2ccccc2o1. The van der Waals surface area contributed by atoms with Gasteiger partial charge in [-0.2, -0.15) is 0 Å². The van der Waals surface area contributed by atoms with Crippen molar-refractivity contribution in [2.75, 3.05) is 42.0 Å². The van der Waals surface area contributed by atoms with Gasteiger partial charge in [-0.05, 0) is 63.0 Å². The second-order valence-corrected chi connectivity index (χ2v) is 10.8. The molecule has 1 N–H and O–H groups in total. The highest BCUT2D eigenvalue weighted by atomic mass is 79.9. The highest BCUT2D eigenvalue weighted by Crippen LogP contribution is 2.51. The van der Waals surface area contributed by atoms with Gasteiger partial charge in [-0.3, -0.25) is 0 Å². The molecule has 2 atom stereocenters. The summed E-state index contributed by atoms with van der Waals surface area (Å²) in [4.78, 5) is 11.2. The molecule has 208 valence electrons. The van der Waals surface area contributed by atoms with E-state index < -0.39 is 11.5 Å². The Bertz CT molecular complexity index is 1620. The lowest BCUT2D eigenvalue weighted by molar-refractivity contribution is -0.0150. The topological polar surface area (TPSA) is 90.1 Å². The zero-order valence-electron chi connectivity index (χ0n) is 23.1. The Hall–Kier alpha value is -3.66. The number of methoxy groups -OCH3 is 3. The zero-order valence-corrected chi connectivity index (χ0v) is 24.7. The van der Waals surface area contributed by atoms with Gasteiger partial charge in [0.05, 0.1) is 32.8 Å². The van der Waals surface area contributed by atoms with E-state index in [0.29, 0.717) is 52.9 Å². The Morgan fingerprint density at radius 3 is 2.40 bits per heavy atom. The minimum absolute atomic E-state index is 0.306. The van der Waals surface area contributed by atoms with E-state index in [1.54, 1.807) is 20.4 Å². The van der Waals surface area contributed by atoms with Crippen molar-refractivity contribution < 1.29 is 23.7 Å². The smallest absolute Gasteiger partial charge is 0.257 e. The molecule has 9 heteroatoms. The van der Waals surface area contributed by atoms with Crippen LogP contribution in [0.15, 0.2) is 75.8 Å². The van der Waals surface area contributed by atoms with Crippen LogP contribution in [0.3, 0.4) is 0 Å². The monoisotopic (exact) mass is 605 g/mol. The van der Waals surface area contributed by atoms with Crippen molar-refractivity contribution in [1.82, 2.24) is 14.9 Å². The predicted molar refractivity (Wildman–Crippen MR) is 158 cm³/mol. The maximum atomic E-state index is 13.0. The third-order valence-corrected chi connectivity index (χ3v) is 7.65. The van der Waals surface area contributed by atoms with Crippen LogP contribution in [-0.2, 0) is 5.60 Å². The van der Waals surface area contributed by atoms with Gasteiger partial charge < -0.3 is 28.6 Å². The van der Waals surface area contributed by atoms with E-state index in [9.17, 15) is 5.11 Å². The Morgan fingerprint density at radius 1 is 0.925 bits per heavy atom. The number of para-hydroxylation sites is 1. The summed E-state index contributed by atoms with van der Waals surface area (Å²) in [5.74, 6) is 0.781. The first-order valence-corrected chi connectivity index (χ1v) is 13.7. The summed E-state index contributed by atoms with van der Waals surface area (Å²) in [6, 6.07) is 19.3. The molecule has 0 fully saturated rings. The average Bonchev–Trinajstić information content (AvgIpc) is 3.41. The van der Waals surface area contributed by atoms with Crippen LogP contribution in [0.25, 0.3) is 21.9 Å². The molecule has 0 aliphatic rings. The van der Waals surface area contributed by atoms with Gasteiger partial charge in [-0.15, -0.1) is 0 Å². The molecule has 2 aromatic carbocycles. The summed E-state index contributed by atoms with van der Waals surface area (Å²) in [6.07, 6.45) is 1.98. The van der Waals surface area contributed by atoms with Crippen molar-refractivity contribution in [2.24, 2.45) is 0 Å². The van der Waals surface area contributed by atoms with Crippen molar-refractivity contribution in [3.8, 4) is 17.5 Å². The Balaban J connectivity index is 1.87. The number of hydrogen-bond acceptors (Lipinski definition) is 8. The van der Waals surface area contributed by atoms with E-state index in [0.717, 1.165) is 20.8 Å². The lowest BCUT2D eigenvalue weighted by Crippen LogP contribution is -2.37. The number of fused-ring (bicyclic) bond motifs is 2. The van der Waals surface area contributed by atoms with Crippen LogP contribution in [0.1, 0.15) is 29.2 Å². The molecule has 2 unspecified atom stereocenters. The van der Waals surface area contributed by atoms with Crippen LogP contribution in [0.5, 0.6) is 17.5 Å². The van der Waals surface area contributed by atoms with Crippen LogP contribution >= 0.6 is 15.9 Å². The summed E-state index contributed by atoms with van der Waals surface area (Å²) in [5.41, 5.74) is 1.22. The second-order valence-electron chi connectivity index (χ2n) is 9.93. The van der Waals surface area contributed by atoms with Crippen molar-refractivity contribution in [3.05, 3.63) is 88.2 Å². The quantitative estimate of drug-likeness (QED) is 0.203. The van der Waals surface area contributed by atoms with Crippen LogP contribution in [-0.4, -0.2) is 61.9 Å². The van der Waals surface area contributed by atoms with E-state index in [2.05, 4.69) is 20.9 Å². The van der Waals surface area contributed by atoms with Gasteiger partial charge >= 0.3 is 0 Å². The molecule has 0 aliphatic heterocycles. The number of furan rings is 1. The Labute approximate surface area is 241 Å². The predicted octanol–water partition coefficient (Wildman–Crippen LogP) is 6.14. The fraction of sp³-hybridized carbons (Fsp3) is 0.290. The molecule has 0 spiro atoms. The van der Waals surface area contributed by atoms with Crippen LogP contribution in [0.4, 0.5) is 0 Å². The van der Waals surface area contributed by atoms with Crippen LogP contribution in [0.2, 0.25) is 0 Å². The van der Waals surface area contributed by atoms with Gasteiger partial charge in [0.15, 0.2) is 5.75 Å². The second kappa shape index (κ2) is 11.4. The summed E-state index contributed by atoms with van der Waals surface area (Å²) in [7, 11) is 8.63. The Kier molecular flexibility index (Phi) is 7.98. The van der Waals surface area contributed by atoms with E-state index in [-0.39, 0.29) is 0 Å². The third-order valence-electron chi connectivity index (χ3n) is 7.15. The molecule has 3 aromatic heterocycles. The number of halogens is 1. The van der Waals surface area contributed by atoms with E-state index in [1.807, 2.05) is 79.7 Å². The zero-order chi connectivity index (χ0) is 28.4. The van der Waals surface area contributed by atoms with Crippen LogP contribution < -0.4 is 14.2 Å². The van der Waals surface area contributed by atoms with Gasteiger partial charge in [-0.1, -0.05) is 34.1 Å². The molecular formula is C31H32BrN3O5. The highest BCUT2D eigenvalue weighted by molar-refractivity contribution is 9.10. The summed E-state index contributed by atoms with van der Waals surface area (Å²) < 4.78 is 24.6. The number of ether oxygens (including phenoxy) is 3. The molecule has 0 aliphatic carbocycles. The van der Waals surface area contributed by atoms with Gasteiger partial charge in [-0.25, -0.2) is 9.97 Å². The van der Waals surface area contributed by atoms with Crippen molar-refractivity contribution in [2.45, 2.75) is 17.9 Å². The summed E-state index contributed by atoms with van der Waals surface area (Å²) in [6.45, 7) is 0.573. The summed E-state index contributed by atoms with van der Waals surface area (Å²) >= 11 is 3.58. The molecule has 0 bridgehead atoms. The molecule has 5 rings (SSSR count). The third kappa shape index (κ3) is 5.12. The average molecular weight is 607 g/mol. The number of benzene rings is 2. The van der Waals surface area contributed by atoms with Gasteiger partial charge in [0.1, 0.15) is 16.9 Å². The van der Waals surface area contributed by atoms with E-state index in [4.69, 9.17) is 23.6 Å². The van der Waals surface area contributed by atoms with E-state index in [1.165, 1.54) is 7.11 Å². The maximum Gasteiger partial charge on any atom is 0.257 e. The first-order chi connectivity index (χ1) is 19.3. The molecule has 8 nitrogen and oxygen atoms in total. The number of aliphatic hydroxyl groups is 1. The molecular weight excluding hydrogens is 574 g/mol. The molecule has 0 saturated carbocycles. The van der Waals surface area contributed by atoms with Crippen molar-refractivity contribution >= 4 is 37.8 Å². The van der Waals surface area contributed by atoms with E-state index >= 15 is 0 Å². The standard InChI is InChI=1S/C31H32BrN3O5/c1-35(2)15-13-31(36,26-18-19-8-6-7-9-25(19)40-26)27(22-12-14-33-30(39-5)28(22)37-3)23-17-20-16-21(32)10-11-24(20)34-29(23)38-4/h6-12,14,16-18,27,36H,13,15H2,1-5H3. The summed E-state index contributed by atoms with van der Waals surface area (Å²) in [5, 5.41) is 14.8. The van der Waals surface area contributed by atoms with Crippen LogP contribution in [0, 0.1) is 0 Å². The molecule has 3 heterocycles. The number of nitrogens with zero attached hydrogens (tertiary/aromatic N) is 3.